The molecule has 0 atom stereocenters. The predicted molar refractivity (Wildman–Crippen MR) is 137 cm³/mol. The van der Waals surface area contributed by atoms with E-state index in [0.29, 0.717) is 24.3 Å². The van der Waals surface area contributed by atoms with Gasteiger partial charge in [-0.3, -0.25) is 9.59 Å². The average Bonchev–Trinajstić information content (AvgIpc) is 2.92. The van der Waals surface area contributed by atoms with Gasteiger partial charge in [0.05, 0.1) is 20.3 Å². The molecule has 3 N–H and O–H groups in total. The zero-order valence-electron chi connectivity index (χ0n) is 20.7. The lowest BCUT2D eigenvalue weighted by atomic mass is 10.1. The summed E-state index contributed by atoms with van der Waals surface area (Å²) in [5.74, 6) is 0.151. The number of carbonyl (C=O) groups is 2. The fourth-order valence-electron chi connectivity index (χ4n) is 3.31. The highest BCUT2D eigenvalue weighted by Crippen LogP contribution is 2.18. The lowest BCUT2D eigenvalue weighted by molar-refractivity contribution is -0.117. The number of amides is 2. The first-order chi connectivity index (χ1) is 18.4. The number of aliphatic hydroxyl groups excluding tert-OH is 1. The number of nitrogens with one attached hydrogen (secondary N) is 2. The van der Waals surface area contributed by atoms with Crippen molar-refractivity contribution in [3.05, 3.63) is 95.2 Å². The average molecular weight is 527 g/mol. The Morgan fingerprint density at radius 2 is 1.55 bits per heavy atom. The van der Waals surface area contributed by atoms with Crippen LogP contribution in [-0.4, -0.2) is 50.4 Å². The summed E-state index contributed by atoms with van der Waals surface area (Å²) in [5, 5.41) is 14.0. The molecule has 0 aliphatic rings. The fourth-order valence-corrected chi connectivity index (χ4v) is 3.31. The maximum absolute atomic E-state index is 12.8. The third-order valence-corrected chi connectivity index (χ3v) is 5.24. The highest BCUT2D eigenvalue weighted by molar-refractivity contribution is 6.05. The molecule has 0 bridgehead atoms. The number of benzene rings is 3. The molecule has 0 saturated carbocycles. The normalized spacial score (nSPS) is 11.1. The zero-order valence-corrected chi connectivity index (χ0v) is 20.7. The molecule has 3 aromatic rings. The predicted octanol–water partition coefficient (Wildman–Crippen LogP) is 3.80. The van der Waals surface area contributed by atoms with Crippen LogP contribution >= 0.6 is 0 Å². The van der Waals surface area contributed by atoms with Crippen LogP contribution in [0.5, 0.6) is 17.2 Å². The topological polar surface area (TPSA) is 106 Å². The Morgan fingerprint density at radius 3 is 2.16 bits per heavy atom. The van der Waals surface area contributed by atoms with Crippen molar-refractivity contribution in [3.63, 3.8) is 0 Å². The van der Waals surface area contributed by atoms with Crippen LogP contribution in [0.25, 0.3) is 6.08 Å². The molecule has 38 heavy (non-hydrogen) atoms. The lowest BCUT2D eigenvalue weighted by Crippen LogP contribution is -2.36. The van der Waals surface area contributed by atoms with Gasteiger partial charge in [-0.25, -0.2) is 0 Å². The second-order valence-corrected chi connectivity index (χ2v) is 7.91. The summed E-state index contributed by atoms with van der Waals surface area (Å²) >= 11 is 0. The van der Waals surface area contributed by atoms with Crippen molar-refractivity contribution in [1.29, 1.82) is 0 Å². The Morgan fingerprint density at radius 1 is 0.921 bits per heavy atom. The van der Waals surface area contributed by atoms with Gasteiger partial charge in [0.25, 0.3) is 11.8 Å². The molecule has 0 spiro atoms. The second kappa shape index (κ2) is 14.3. The summed E-state index contributed by atoms with van der Waals surface area (Å²) < 4.78 is 40.0. The molecule has 8 nitrogen and oxygen atoms in total. The van der Waals surface area contributed by atoms with Gasteiger partial charge in [-0.15, -0.1) is 0 Å². The summed E-state index contributed by atoms with van der Waals surface area (Å²) in [6.45, 7) is -2.82. The Balaban J connectivity index is 1.63. The Bertz CT molecular complexity index is 1210. The van der Waals surface area contributed by atoms with Crippen LogP contribution in [0.1, 0.15) is 21.5 Å². The van der Waals surface area contributed by atoms with Gasteiger partial charge in [-0.1, -0.05) is 24.3 Å². The van der Waals surface area contributed by atoms with Gasteiger partial charge >= 0.3 is 6.61 Å². The van der Waals surface area contributed by atoms with Crippen LogP contribution in [-0.2, 0) is 11.2 Å². The van der Waals surface area contributed by atoms with Gasteiger partial charge in [-0.05, 0) is 65.7 Å². The minimum atomic E-state index is -2.96. The molecule has 0 aliphatic carbocycles. The molecule has 2 amide bonds. The molecule has 0 unspecified atom stereocenters. The number of alkyl halides is 2. The standard InChI is InChI=1S/C28H28F2N2O6/c1-36-22-8-2-19(3-9-22)14-17-37-23-12-6-21(7-13-23)26(34)32-25(27(35)31-15-16-33)18-20-4-10-24(11-5-20)38-28(29)30/h2-13,18,28,33H,14-17H2,1H3,(H,31,35)(H,32,34)/b25-18-. The van der Waals surface area contributed by atoms with Crippen molar-refractivity contribution >= 4 is 17.9 Å². The maximum Gasteiger partial charge on any atom is 0.387 e. The van der Waals surface area contributed by atoms with Crippen molar-refractivity contribution in [2.75, 3.05) is 26.9 Å². The monoisotopic (exact) mass is 526 g/mol. The Hall–Kier alpha value is -4.44. The molecule has 0 saturated heterocycles. The molecule has 3 aromatic carbocycles. The van der Waals surface area contributed by atoms with Crippen LogP contribution in [0.2, 0.25) is 0 Å². The van der Waals surface area contributed by atoms with Crippen LogP contribution in [0.15, 0.2) is 78.5 Å². The van der Waals surface area contributed by atoms with E-state index < -0.39 is 18.4 Å². The third-order valence-electron chi connectivity index (χ3n) is 5.24. The molecule has 10 heteroatoms. The molecular weight excluding hydrogens is 498 g/mol. The number of hydrogen-bond donors (Lipinski definition) is 3. The highest BCUT2D eigenvalue weighted by Gasteiger charge is 2.15. The van der Waals surface area contributed by atoms with Crippen molar-refractivity contribution in [3.8, 4) is 17.2 Å². The molecule has 0 radical (unpaired) electrons. The largest absolute Gasteiger partial charge is 0.497 e. The van der Waals surface area contributed by atoms with Gasteiger partial charge in [-0.2, -0.15) is 8.78 Å². The van der Waals surface area contributed by atoms with Crippen LogP contribution in [0.3, 0.4) is 0 Å². The van der Waals surface area contributed by atoms with E-state index >= 15 is 0 Å². The highest BCUT2D eigenvalue weighted by atomic mass is 19.3. The summed E-state index contributed by atoms with van der Waals surface area (Å²) in [6.07, 6.45) is 2.08. The molecule has 3 rings (SSSR count). The first kappa shape index (κ1) is 28.1. The van der Waals surface area contributed by atoms with E-state index in [1.807, 2.05) is 24.3 Å². The van der Waals surface area contributed by atoms with Crippen LogP contribution < -0.4 is 24.8 Å². The van der Waals surface area contributed by atoms with E-state index in [-0.39, 0.29) is 30.2 Å². The van der Waals surface area contributed by atoms with E-state index in [1.54, 1.807) is 31.4 Å². The van der Waals surface area contributed by atoms with Crippen molar-refractivity contribution in [1.82, 2.24) is 10.6 Å². The fraction of sp³-hybridized carbons (Fsp3) is 0.214. The number of methoxy groups -OCH3 is 1. The van der Waals surface area contributed by atoms with E-state index in [9.17, 15) is 18.4 Å². The zero-order chi connectivity index (χ0) is 27.3. The molecule has 200 valence electrons. The Labute approximate surface area is 218 Å². The number of halogens is 2. The Kier molecular flexibility index (Phi) is 10.6. The molecular formula is C28H28F2N2O6. The SMILES string of the molecule is COc1ccc(CCOc2ccc(C(=O)N/C(=C\c3ccc(OC(F)F)cc3)C(=O)NCCO)cc2)cc1. The summed E-state index contributed by atoms with van der Waals surface area (Å²) in [7, 11) is 1.61. The maximum atomic E-state index is 12.8. The van der Waals surface area contributed by atoms with E-state index in [0.717, 1.165) is 11.3 Å². The van der Waals surface area contributed by atoms with Crippen molar-refractivity contribution in [2.45, 2.75) is 13.0 Å². The van der Waals surface area contributed by atoms with Crippen molar-refractivity contribution < 1.29 is 37.7 Å². The summed E-state index contributed by atoms with van der Waals surface area (Å²) in [5.41, 5.74) is 1.75. The van der Waals surface area contributed by atoms with E-state index in [1.165, 1.54) is 30.3 Å². The summed E-state index contributed by atoms with van der Waals surface area (Å²) in [6, 6.07) is 19.7. The van der Waals surface area contributed by atoms with E-state index in [2.05, 4.69) is 15.4 Å². The van der Waals surface area contributed by atoms with Crippen LogP contribution in [0.4, 0.5) is 8.78 Å². The van der Waals surface area contributed by atoms with Gasteiger partial charge < -0.3 is 30.0 Å². The number of aliphatic hydroxyl groups is 1. The van der Waals surface area contributed by atoms with Gasteiger partial charge in [0, 0.05) is 18.5 Å². The van der Waals surface area contributed by atoms with E-state index in [4.69, 9.17) is 14.6 Å². The minimum Gasteiger partial charge on any atom is -0.497 e. The smallest absolute Gasteiger partial charge is 0.387 e. The van der Waals surface area contributed by atoms with Gasteiger partial charge in [0.2, 0.25) is 0 Å². The molecule has 0 heterocycles. The lowest BCUT2D eigenvalue weighted by Gasteiger charge is -2.12. The molecule has 0 aromatic heterocycles. The molecule has 0 aliphatic heterocycles. The number of hydrogen-bond acceptors (Lipinski definition) is 6. The first-order valence-corrected chi connectivity index (χ1v) is 11.7. The quantitative estimate of drug-likeness (QED) is 0.293. The van der Waals surface area contributed by atoms with Crippen molar-refractivity contribution in [2.24, 2.45) is 0 Å². The summed E-state index contributed by atoms with van der Waals surface area (Å²) in [4.78, 5) is 25.4. The minimum absolute atomic E-state index is 0.0181. The third kappa shape index (κ3) is 8.90. The molecule has 0 fully saturated rings. The second-order valence-electron chi connectivity index (χ2n) is 7.91. The van der Waals surface area contributed by atoms with Crippen LogP contribution in [0, 0.1) is 0 Å². The number of carbonyl (C=O) groups excluding carboxylic acids is 2. The number of rotatable bonds is 13. The van der Waals surface area contributed by atoms with Gasteiger partial charge in [0.1, 0.15) is 22.9 Å². The van der Waals surface area contributed by atoms with Gasteiger partial charge in [0.15, 0.2) is 0 Å². The number of ether oxygens (including phenoxy) is 3. The first-order valence-electron chi connectivity index (χ1n) is 11.7.